The van der Waals surface area contributed by atoms with Crippen molar-refractivity contribution in [2.24, 2.45) is 0 Å². The van der Waals surface area contributed by atoms with Crippen LogP contribution >= 0.6 is 0 Å². The molecule has 1 aromatic heterocycles. The summed E-state index contributed by atoms with van der Waals surface area (Å²) in [5, 5.41) is 13.6. The third kappa shape index (κ3) is 2.29. The first-order valence-electron chi connectivity index (χ1n) is 5.65. The van der Waals surface area contributed by atoms with Crippen molar-refractivity contribution in [1.82, 2.24) is 20.2 Å². The van der Waals surface area contributed by atoms with Crippen LogP contribution < -0.4 is 4.74 Å². The van der Waals surface area contributed by atoms with Crippen LogP contribution in [0.4, 0.5) is 0 Å². The number of fused-ring (bicyclic) bond motifs is 1. The van der Waals surface area contributed by atoms with Crippen molar-refractivity contribution in [2.75, 3.05) is 6.61 Å². The summed E-state index contributed by atoms with van der Waals surface area (Å²) >= 11 is 0. The van der Waals surface area contributed by atoms with E-state index in [1.54, 1.807) is 0 Å². The van der Waals surface area contributed by atoms with E-state index >= 15 is 0 Å². The van der Waals surface area contributed by atoms with Gasteiger partial charge in [-0.2, -0.15) is 4.80 Å². The lowest BCUT2D eigenvalue weighted by Crippen LogP contribution is -2.10. The predicted octanol–water partition coefficient (Wildman–Crippen LogP) is 1.71. The molecule has 18 heavy (non-hydrogen) atoms. The zero-order valence-corrected chi connectivity index (χ0v) is 9.65. The SMILES string of the molecule is [c]1ccc2cc(OCCn3ncnn3)ccc2c1. The highest BCUT2D eigenvalue weighted by Gasteiger charge is 1.98. The molecule has 3 rings (SSSR count). The van der Waals surface area contributed by atoms with Crippen molar-refractivity contribution in [2.45, 2.75) is 6.54 Å². The molecule has 0 amide bonds. The molecule has 1 heterocycles. The van der Waals surface area contributed by atoms with Crippen molar-refractivity contribution in [3.05, 3.63) is 48.8 Å². The number of aromatic nitrogens is 4. The lowest BCUT2D eigenvalue weighted by atomic mass is 10.1. The molecule has 1 radical (unpaired) electrons. The van der Waals surface area contributed by atoms with Crippen LogP contribution in [-0.4, -0.2) is 26.8 Å². The number of benzene rings is 2. The van der Waals surface area contributed by atoms with Crippen LogP contribution in [0.25, 0.3) is 10.8 Å². The summed E-state index contributed by atoms with van der Waals surface area (Å²) in [6.45, 7) is 1.10. The largest absolute Gasteiger partial charge is 0.492 e. The van der Waals surface area contributed by atoms with Gasteiger partial charge < -0.3 is 4.74 Å². The van der Waals surface area contributed by atoms with Gasteiger partial charge in [0.05, 0.1) is 6.54 Å². The van der Waals surface area contributed by atoms with E-state index in [1.807, 2.05) is 36.4 Å². The highest BCUT2D eigenvalue weighted by Crippen LogP contribution is 2.20. The van der Waals surface area contributed by atoms with Crippen LogP contribution in [0.3, 0.4) is 0 Å². The highest BCUT2D eigenvalue weighted by atomic mass is 16.5. The van der Waals surface area contributed by atoms with Crippen LogP contribution in [0.1, 0.15) is 0 Å². The van der Waals surface area contributed by atoms with Crippen LogP contribution in [0, 0.1) is 6.07 Å². The molecule has 89 valence electrons. The Morgan fingerprint density at radius 3 is 3.11 bits per heavy atom. The van der Waals surface area contributed by atoms with Gasteiger partial charge in [-0.3, -0.25) is 0 Å². The zero-order valence-electron chi connectivity index (χ0n) is 9.65. The van der Waals surface area contributed by atoms with Crippen LogP contribution in [0.2, 0.25) is 0 Å². The number of hydrogen-bond acceptors (Lipinski definition) is 4. The molecule has 5 heteroatoms. The van der Waals surface area contributed by atoms with E-state index in [2.05, 4.69) is 21.5 Å². The van der Waals surface area contributed by atoms with Crippen molar-refractivity contribution in [1.29, 1.82) is 0 Å². The van der Waals surface area contributed by atoms with Crippen molar-refractivity contribution >= 4 is 10.8 Å². The fourth-order valence-electron chi connectivity index (χ4n) is 1.73. The second-order valence-corrected chi connectivity index (χ2v) is 3.82. The standard InChI is InChI=1S/C13H11N4O/c1-2-4-12-9-13(6-5-11(12)3-1)18-8-7-17-15-10-14-16-17/h2-6,9-10H,7-8H2. The van der Waals surface area contributed by atoms with Gasteiger partial charge in [-0.25, -0.2) is 0 Å². The van der Waals surface area contributed by atoms with E-state index in [0.29, 0.717) is 13.2 Å². The lowest BCUT2D eigenvalue weighted by molar-refractivity contribution is 0.280. The molecule has 2 aromatic carbocycles. The van der Waals surface area contributed by atoms with E-state index in [1.165, 1.54) is 11.1 Å². The lowest BCUT2D eigenvalue weighted by Gasteiger charge is -2.06. The molecule has 0 bridgehead atoms. The molecule has 0 unspecified atom stereocenters. The topological polar surface area (TPSA) is 52.8 Å². The molecular weight excluding hydrogens is 228 g/mol. The first kappa shape index (κ1) is 10.7. The van der Waals surface area contributed by atoms with Gasteiger partial charge in [-0.05, 0) is 40.3 Å². The molecule has 0 fully saturated rings. The number of ether oxygens (including phenoxy) is 1. The Morgan fingerprint density at radius 2 is 2.22 bits per heavy atom. The highest BCUT2D eigenvalue weighted by molar-refractivity contribution is 5.83. The second kappa shape index (κ2) is 4.83. The van der Waals surface area contributed by atoms with E-state index < -0.39 is 0 Å². The minimum atomic E-state index is 0.515. The first-order chi connectivity index (χ1) is 8.92. The van der Waals surface area contributed by atoms with Gasteiger partial charge in [0.2, 0.25) is 0 Å². The molecule has 0 saturated carbocycles. The van der Waals surface area contributed by atoms with Gasteiger partial charge in [0.1, 0.15) is 12.4 Å². The maximum atomic E-state index is 5.65. The minimum Gasteiger partial charge on any atom is -0.492 e. The molecule has 0 aliphatic carbocycles. The number of nitrogens with zero attached hydrogens (tertiary/aromatic N) is 4. The van der Waals surface area contributed by atoms with Crippen molar-refractivity contribution < 1.29 is 4.74 Å². The van der Waals surface area contributed by atoms with E-state index in [-0.39, 0.29) is 0 Å². The molecule has 0 saturated heterocycles. The Hall–Kier alpha value is -2.43. The maximum absolute atomic E-state index is 5.65. The molecule has 0 atom stereocenters. The molecule has 0 aliphatic heterocycles. The Labute approximate surface area is 104 Å². The van der Waals surface area contributed by atoms with Gasteiger partial charge in [-0.15, -0.1) is 10.2 Å². The van der Waals surface area contributed by atoms with E-state index in [4.69, 9.17) is 4.74 Å². The minimum absolute atomic E-state index is 0.515. The number of tetrazole rings is 1. The third-order valence-electron chi connectivity index (χ3n) is 2.61. The molecule has 0 spiro atoms. The van der Waals surface area contributed by atoms with E-state index in [0.717, 1.165) is 16.5 Å². The number of hydrogen-bond donors (Lipinski definition) is 0. The molecule has 5 nitrogen and oxygen atoms in total. The third-order valence-corrected chi connectivity index (χ3v) is 2.61. The van der Waals surface area contributed by atoms with Crippen molar-refractivity contribution in [3.8, 4) is 5.75 Å². The molecule has 0 N–H and O–H groups in total. The summed E-state index contributed by atoms with van der Waals surface area (Å²) in [6.07, 6.45) is 1.41. The Kier molecular flexibility index (Phi) is 2.87. The summed E-state index contributed by atoms with van der Waals surface area (Å²) in [4.78, 5) is 1.50. The van der Waals surface area contributed by atoms with Gasteiger partial charge in [0, 0.05) is 0 Å². The zero-order chi connectivity index (χ0) is 12.2. The van der Waals surface area contributed by atoms with Crippen LogP contribution in [-0.2, 0) is 6.54 Å². The monoisotopic (exact) mass is 239 g/mol. The van der Waals surface area contributed by atoms with Gasteiger partial charge in [0.25, 0.3) is 0 Å². The normalized spacial score (nSPS) is 10.7. The summed E-state index contributed by atoms with van der Waals surface area (Å²) in [5.74, 6) is 0.841. The van der Waals surface area contributed by atoms with Crippen molar-refractivity contribution in [3.63, 3.8) is 0 Å². The first-order valence-corrected chi connectivity index (χ1v) is 5.65. The Balaban J connectivity index is 1.67. The van der Waals surface area contributed by atoms with Gasteiger partial charge >= 0.3 is 0 Å². The molecule has 3 aromatic rings. The van der Waals surface area contributed by atoms with E-state index in [9.17, 15) is 0 Å². The average molecular weight is 239 g/mol. The maximum Gasteiger partial charge on any atom is 0.162 e. The Bertz CT molecular complexity index is 636. The summed E-state index contributed by atoms with van der Waals surface area (Å²) < 4.78 is 5.65. The van der Waals surface area contributed by atoms with Gasteiger partial charge in [-0.1, -0.05) is 18.2 Å². The fourth-order valence-corrected chi connectivity index (χ4v) is 1.73. The van der Waals surface area contributed by atoms with Gasteiger partial charge in [0.15, 0.2) is 6.33 Å². The Morgan fingerprint density at radius 1 is 1.22 bits per heavy atom. The quantitative estimate of drug-likeness (QED) is 0.695. The second-order valence-electron chi connectivity index (χ2n) is 3.82. The smallest absolute Gasteiger partial charge is 0.162 e. The predicted molar refractivity (Wildman–Crippen MR) is 66.1 cm³/mol. The molecule has 0 aliphatic rings. The summed E-state index contributed by atoms with van der Waals surface area (Å²) in [6, 6.07) is 14.9. The fraction of sp³-hybridized carbons (Fsp3) is 0.154. The molecular formula is C13H11N4O. The summed E-state index contributed by atoms with van der Waals surface area (Å²) in [5.41, 5.74) is 0. The average Bonchev–Trinajstić information content (AvgIpc) is 2.92. The van der Waals surface area contributed by atoms with Crippen LogP contribution in [0.15, 0.2) is 42.7 Å². The van der Waals surface area contributed by atoms with Crippen LogP contribution in [0.5, 0.6) is 5.75 Å². The summed E-state index contributed by atoms with van der Waals surface area (Å²) in [7, 11) is 0. The number of rotatable bonds is 4.